The summed E-state index contributed by atoms with van der Waals surface area (Å²) in [5.41, 5.74) is 0. The lowest BCUT2D eigenvalue weighted by atomic mass is 10.1. The Morgan fingerprint density at radius 2 is 2.12 bits per heavy atom. The zero-order valence-corrected chi connectivity index (χ0v) is 10.9. The number of carbonyl (C=O) groups is 1. The first-order chi connectivity index (χ1) is 7.84. The van der Waals surface area contributed by atoms with Crippen molar-refractivity contribution >= 4 is 16.0 Å². The molecule has 0 saturated carbocycles. The molecular formula is C10H19NO5S. The molecule has 2 atom stereocenters. The van der Waals surface area contributed by atoms with Gasteiger partial charge in [-0.2, -0.15) is 0 Å². The van der Waals surface area contributed by atoms with Gasteiger partial charge in [0.25, 0.3) is 0 Å². The largest absolute Gasteiger partial charge is 0.480 e. The normalized spacial score (nSPS) is 23.6. The summed E-state index contributed by atoms with van der Waals surface area (Å²) >= 11 is 0. The molecule has 2 N–H and O–H groups in total. The molecule has 1 fully saturated rings. The third-order valence-electron chi connectivity index (χ3n) is 2.78. The summed E-state index contributed by atoms with van der Waals surface area (Å²) in [6.45, 7) is 4.04. The summed E-state index contributed by atoms with van der Waals surface area (Å²) in [7, 11) is -3.63. The number of sulfonamides is 1. The van der Waals surface area contributed by atoms with Crippen LogP contribution in [0, 0.1) is 5.92 Å². The molecule has 0 aromatic heterocycles. The molecule has 2 unspecified atom stereocenters. The van der Waals surface area contributed by atoms with Crippen LogP contribution >= 0.6 is 0 Å². The summed E-state index contributed by atoms with van der Waals surface area (Å²) in [5.74, 6) is -1.45. The maximum Gasteiger partial charge on any atom is 0.321 e. The Balaban J connectivity index is 2.73. The van der Waals surface area contributed by atoms with Crippen molar-refractivity contribution in [2.24, 2.45) is 5.92 Å². The second kappa shape index (κ2) is 5.79. The highest BCUT2D eigenvalue weighted by atomic mass is 32.2. The van der Waals surface area contributed by atoms with Gasteiger partial charge >= 0.3 is 5.97 Å². The van der Waals surface area contributed by atoms with Crippen LogP contribution in [0.15, 0.2) is 0 Å². The second-order valence-electron chi connectivity index (χ2n) is 4.56. The van der Waals surface area contributed by atoms with Crippen molar-refractivity contribution in [3.05, 3.63) is 0 Å². The van der Waals surface area contributed by atoms with E-state index < -0.39 is 27.3 Å². The lowest BCUT2D eigenvalue weighted by Crippen LogP contribution is -2.49. The van der Waals surface area contributed by atoms with Gasteiger partial charge in [-0.1, -0.05) is 13.8 Å². The Bertz CT molecular complexity index is 359. The number of hydrogen-bond acceptors (Lipinski definition) is 4. The van der Waals surface area contributed by atoms with Gasteiger partial charge in [0.1, 0.15) is 6.04 Å². The highest BCUT2D eigenvalue weighted by molar-refractivity contribution is 7.90. The molecular weight excluding hydrogens is 246 g/mol. The molecule has 0 bridgehead atoms. The number of rotatable bonds is 5. The van der Waals surface area contributed by atoms with E-state index in [1.807, 2.05) is 0 Å². The van der Waals surface area contributed by atoms with E-state index in [0.717, 1.165) is 0 Å². The Morgan fingerprint density at radius 3 is 2.53 bits per heavy atom. The van der Waals surface area contributed by atoms with Gasteiger partial charge in [0.15, 0.2) is 0 Å². The molecule has 1 heterocycles. The molecule has 6 nitrogen and oxygen atoms in total. The third kappa shape index (κ3) is 3.93. The first-order valence-electron chi connectivity index (χ1n) is 5.66. The van der Waals surface area contributed by atoms with Crippen molar-refractivity contribution in [1.29, 1.82) is 0 Å². The molecule has 0 amide bonds. The van der Waals surface area contributed by atoms with E-state index in [9.17, 15) is 13.2 Å². The monoisotopic (exact) mass is 265 g/mol. The van der Waals surface area contributed by atoms with Crippen LogP contribution < -0.4 is 4.72 Å². The lowest BCUT2D eigenvalue weighted by Gasteiger charge is -2.25. The first-order valence-corrected chi connectivity index (χ1v) is 7.21. The Morgan fingerprint density at radius 1 is 1.47 bits per heavy atom. The predicted molar refractivity (Wildman–Crippen MR) is 62.2 cm³/mol. The van der Waals surface area contributed by atoms with Crippen molar-refractivity contribution in [2.45, 2.75) is 38.0 Å². The standard InChI is InChI=1S/C10H19NO5S/c1-7(2)9(10(12)13)11-17(14,15)8-4-3-5-16-6-8/h7-9,11H,3-6H2,1-2H3,(H,12,13). The predicted octanol–water partition coefficient (Wildman–Crippen LogP) is 0.194. The van der Waals surface area contributed by atoms with E-state index in [0.29, 0.717) is 19.4 Å². The molecule has 17 heavy (non-hydrogen) atoms. The Hall–Kier alpha value is -0.660. The van der Waals surface area contributed by atoms with Crippen molar-refractivity contribution in [3.8, 4) is 0 Å². The van der Waals surface area contributed by atoms with Crippen LogP contribution in [0.4, 0.5) is 0 Å². The van der Waals surface area contributed by atoms with E-state index in [4.69, 9.17) is 9.84 Å². The molecule has 0 aromatic carbocycles. The summed E-state index contributed by atoms with van der Waals surface area (Å²) in [6.07, 6.45) is 1.20. The molecule has 0 aliphatic carbocycles. The van der Waals surface area contributed by atoms with Crippen molar-refractivity contribution in [3.63, 3.8) is 0 Å². The van der Waals surface area contributed by atoms with Gasteiger partial charge in [0.05, 0.1) is 11.9 Å². The van der Waals surface area contributed by atoms with Crippen molar-refractivity contribution < 1.29 is 23.1 Å². The second-order valence-corrected chi connectivity index (χ2v) is 6.55. The van der Waals surface area contributed by atoms with Gasteiger partial charge in [0, 0.05) is 6.61 Å². The van der Waals surface area contributed by atoms with E-state index >= 15 is 0 Å². The van der Waals surface area contributed by atoms with Gasteiger partial charge in [0.2, 0.25) is 10.0 Å². The highest BCUT2D eigenvalue weighted by Gasteiger charge is 2.33. The minimum atomic E-state index is -3.63. The smallest absolute Gasteiger partial charge is 0.321 e. The van der Waals surface area contributed by atoms with Crippen LogP contribution in [0.25, 0.3) is 0 Å². The fraction of sp³-hybridized carbons (Fsp3) is 0.900. The van der Waals surface area contributed by atoms with Crippen LogP contribution in [0.5, 0.6) is 0 Å². The molecule has 1 rings (SSSR count). The maximum absolute atomic E-state index is 12.0. The molecule has 100 valence electrons. The minimum absolute atomic E-state index is 0.139. The van der Waals surface area contributed by atoms with E-state index in [-0.39, 0.29) is 12.5 Å². The number of ether oxygens (including phenoxy) is 1. The summed E-state index contributed by atoms with van der Waals surface area (Å²) in [6, 6.07) is -1.08. The summed E-state index contributed by atoms with van der Waals surface area (Å²) in [4.78, 5) is 10.9. The fourth-order valence-corrected chi connectivity index (χ4v) is 3.37. The van der Waals surface area contributed by atoms with E-state index in [1.54, 1.807) is 13.8 Å². The van der Waals surface area contributed by atoms with Gasteiger partial charge in [-0.05, 0) is 18.8 Å². The van der Waals surface area contributed by atoms with Gasteiger partial charge in [-0.25, -0.2) is 13.1 Å². The van der Waals surface area contributed by atoms with Gasteiger partial charge in [-0.3, -0.25) is 4.79 Å². The molecule has 1 aliphatic rings. The zero-order chi connectivity index (χ0) is 13.1. The van der Waals surface area contributed by atoms with E-state index in [1.165, 1.54) is 0 Å². The quantitative estimate of drug-likeness (QED) is 0.740. The van der Waals surface area contributed by atoms with Crippen LogP contribution in [-0.4, -0.2) is 44.0 Å². The van der Waals surface area contributed by atoms with Crippen LogP contribution in [-0.2, 0) is 19.6 Å². The minimum Gasteiger partial charge on any atom is -0.480 e. The van der Waals surface area contributed by atoms with Crippen molar-refractivity contribution in [1.82, 2.24) is 4.72 Å². The highest BCUT2D eigenvalue weighted by Crippen LogP contribution is 2.15. The summed E-state index contributed by atoms with van der Waals surface area (Å²) in [5, 5.41) is 8.31. The average Bonchev–Trinajstić information content (AvgIpc) is 2.26. The molecule has 0 aromatic rings. The number of carboxylic acids is 1. The lowest BCUT2D eigenvalue weighted by molar-refractivity contribution is -0.140. The Labute approximate surface area is 101 Å². The number of hydrogen-bond donors (Lipinski definition) is 2. The first kappa shape index (κ1) is 14.4. The number of aliphatic carboxylic acids is 1. The average molecular weight is 265 g/mol. The fourth-order valence-electron chi connectivity index (χ4n) is 1.70. The maximum atomic E-state index is 12.0. The number of nitrogens with one attached hydrogen (secondary N) is 1. The SMILES string of the molecule is CC(C)C(NS(=O)(=O)C1CCCOC1)C(=O)O. The van der Waals surface area contributed by atoms with Crippen molar-refractivity contribution in [2.75, 3.05) is 13.2 Å². The third-order valence-corrected chi connectivity index (χ3v) is 4.61. The van der Waals surface area contributed by atoms with Gasteiger partial charge < -0.3 is 9.84 Å². The molecule has 0 radical (unpaired) electrons. The van der Waals surface area contributed by atoms with Crippen LogP contribution in [0.1, 0.15) is 26.7 Å². The van der Waals surface area contributed by atoms with Crippen LogP contribution in [0.2, 0.25) is 0 Å². The van der Waals surface area contributed by atoms with E-state index in [2.05, 4.69) is 4.72 Å². The molecule has 0 spiro atoms. The molecule has 1 aliphatic heterocycles. The summed E-state index contributed by atoms with van der Waals surface area (Å²) < 4.78 is 31.3. The zero-order valence-electron chi connectivity index (χ0n) is 10.0. The van der Waals surface area contributed by atoms with Gasteiger partial charge in [-0.15, -0.1) is 0 Å². The number of carboxylic acid groups (broad SMARTS) is 1. The van der Waals surface area contributed by atoms with Crippen LogP contribution in [0.3, 0.4) is 0 Å². The molecule has 1 saturated heterocycles. The topological polar surface area (TPSA) is 92.7 Å². The Kier molecular flexibility index (Phi) is 4.91. The molecule has 7 heteroatoms.